The molecule has 0 unspecified atom stereocenters. The second-order valence-corrected chi connectivity index (χ2v) is 4.25. The van der Waals surface area contributed by atoms with Crippen LogP contribution in [0.2, 0.25) is 5.02 Å². The van der Waals surface area contributed by atoms with E-state index in [9.17, 15) is 4.39 Å². The van der Waals surface area contributed by atoms with Gasteiger partial charge in [0, 0.05) is 6.54 Å². The third-order valence-electron chi connectivity index (χ3n) is 2.19. The summed E-state index contributed by atoms with van der Waals surface area (Å²) in [7, 11) is 0. The minimum absolute atomic E-state index is 0.170. The summed E-state index contributed by atoms with van der Waals surface area (Å²) in [6, 6.07) is 4.76. The van der Waals surface area contributed by atoms with Crippen molar-refractivity contribution in [2.45, 2.75) is 20.3 Å². The molecule has 0 saturated heterocycles. The van der Waals surface area contributed by atoms with Gasteiger partial charge in [0.2, 0.25) is 0 Å². The summed E-state index contributed by atoms with van der Waals surface area (Å²) in [4.78, 5) is 0. The van der Waals surface area contributed by atoms with Crippen LogP contribution in [0, 0.1) is 5.82 Å². The fourth-order valence-corrected chi connectivity index (χ4v) is 1.59. The minimum atomic E-state index is -0.374. The highest BCUT2D eigenvalue weighted by Gasteiger charge is 1.99. The van der Waals surface area contributed by atoms with Crippen molar-refractivity contribution in [2.75, 3.05) is 13.1 Å². The summed E-state index contributed by atoms with van der Waals surface area (Å²) in [6.07, 6.45) is 3.13. The quantitative estimate of drug-likeness (QED) is 0.772. The Morgan fingerprint density at radius 1 is 1.50 bits per heavy atom. The van der Waals surface area contributed by atoms with Crippen LogP contribution in [0.3, 0.4) is 0 Å². The van der Waals surface area contributed by atoms with Crippen LogP contribution >= 0.6 is 11.6 Å². The van der Waals surface area contributed by atoms with E-state index >= 15 is 0 Å². The lowest BCUT2D eigenvalue weighted by molar-refractivity contribution is 0.628. The molecule has 3 heteroatoms. The predicted octanol–water partition coefficient (Wildman–Crippen LogP) is 3.88. The zero-order chi connectivity index (χ0) is 12.0. The molecule has 88 valence electrons. The summed E-state index contributed by atoms with van der Waals surface area (Å²) in [6.45, 7) is 6.03. The second-order valence-electron chi connectivity index (χ2n) is 3.84. The number of rotatable bonds is 5. The molecule has 0 saturated carbocycles. The van der Waals surface area contributed by atoms with Gasteiger partial charge in [-0.15, -0.1) is 0 Å². The first-order valence-corrected chi connectivity index (χ1v) is 5.84. The van der Waals surface area contributed by atoms with Crippen LogP contribution in [0.5, 0.6) is 0 Å². The first-order valence-electron chi connectivity index (χ1n) is 5.46. The molecule has 0 aliphatic carbocycles. The van der Waals surface area contributed by atoms with Gasteiger partial charge in [-0.3, -0.25) is 0 Å². The van der Waals surface area contributed by atoms with Crippen molar-refractivity contribution < 1.29 is 4.39 Å². The maximum Gasteiger partial charge on any atom is 0.141 e. The molecule has 1 nitrogen and oxygen atoms in total. The van der Waals surface area contributed by atoms with E-state index in [4.69, 9.17) is 11.6 Å². The van der Waals surface area contributed by atoms with Gasteiger partial charge in [0.1, 0.15) is 5.82 Å². The summed E-state index contributed by atoms with van der Waals surface area (Å²) in [5.74, 6) is -0.374. The molecule has 0 radical (unpaired) electrons. The van der Waals surface area contributed by atoms with E-state index in [1.165, 1.54) is 11.6 Å². The van der Waals surface area contributed by atoms with Gasteiger partial charge >= 0.3 is 0 Å². The summed E-state index contributed by atoms with van der Waals surface area (Å²) < 4.78 is 12.9. The topological polar surface area (TPSA) is 12.0 Å². The number of nitrogens with one attached hydrogen (secondary N) is 1. The molecule has 1 aromatic rings. The molecule has 0 spiro atoms. The van der Waals surface area contributed by atoms with Crippen LogP contribution < -0.4 is 5.32 Å². The second kappa shape index (κ2) is 6.66. The van der Waals surface area contributed by atoms with E-state index in [1.54, 1.807) is 12.1 Å². The Balaban J connectivity index is 2.63. The molecule has 16 heavy (non-hydrogen) atoms. The van der Waals surface area contributed by atoms with Crippen LogP contribution in [0.1, 0.15) is 25.8 Å². The molecule has 1 N–H and O–H groups in total. The van der Waals surface area contributed by atoms with Crippen molar-refractivity contribution in [2.24, 2.45) is 0 Å². The van der Waals surface area contributed by atoms with E-state index in [2.05, 4.69) is 12.2 Å². The summed E-state index contributed by atoms with van der Waals surface area (Å²) in [5, 5.41) is 3.48. The van der Waals surface area contributed by atoms with Gasteiger partial charge in [-0.05, 0) is 37.6 Å². The van der Waals surface area contributed by atoms with E-state index in [0.717, 1.165) is 25.1 Å². The average molecular weight is 242 g/mol. The number of halogens is 2. The Morgan fingerprint density at radius 2 is 2.25 bits per heavy atom. The monoisotopic (exact) mass is 241 g/mol. The van der Waals surface area contributed by atoms with Crippen molar-refractivity contribution in [3.05, 3.63) is 40.2 Å². The molecule has 0 atom stereocenters. The van der Waals surface area contributed by atoms with Crippen molar-refractivity contribution in [1.82, 2.24) is 5.32 Å². The maximum atomic E-state index is 12.9. The largest absolute Gasteiger partial charge is 0.313 e. The summed E-state index contributed by atoms with van der Waals surface area (Å²) >= 11 is 5.70. The molecule has 0 aliphatic rings. The van der Waals surface area contributed by atoms with Crippen molar-refractivity contribution >= 4 is 17.7 Å². The third-order valence-corrected chi connectivity index (χ3v) is 2.48. The standard InChI is InChI=1S/C13H17ClFN/c1-3-6-16-9-10(2)7-11-4-5-13(15)12(14)8-11/h4-5,7-8,16H,3,6,9H2,1-2H3/b10-7+. The number of hydrogen-bond donors (Lipinski definition) is 1. The average Bonchev–Trinajstić information content (AvgIpc) is 2.24. The third kappa shape index (κ3) is 4.33. The van der Waals surface area contributed by atoms with E-state index in [0.29, 0.717) is 0 Å². The van der Waals surface area contributed by atoms with Gasteiger partial charge in [0.05, 0.1) is 5.02 Å². The van der Waals surface area contributed by atoms with Gasteiger partial charge in [0.15, 0.2) is 0 Å². The Bertz CT molecular complexity index is 374. The van der Waals surface area contributed by atoms with E-state index in [1.807, 2.05) is 13.0 Å². The zero-order valence-corrected chi connectivity index (χ0v) is 10.4. The zero-order valence-electron chi connectivity index (χ0n) is 9.69. The fraction of sp³-hybridized carbons (Fsp3) is 0.385. The molecule has 1 rings (SSSR count). The highest BCUT2D eigenvalue weighted by atomic mass is 35.5. The van der Waals surface area contributed by atoms with Crippen molar-refractivity contribution in [1.29, 1.82) is 0 Å². The molecule has 0 heterocycles. The Hall–Kier alpha value is -0.860. The molecule has 0 bridgehead atoms. The Labute approximate surface area is 101 Å². The lowest BCUT2D eigenvalue weighted by Gasteiger charge is -2.04. The normalized spacial score (nSPS) is 11.9. The first kappa shape index (κ1) is 13.2. The van der Waals surface area contributed by atoms with E-state index in [-0.39, 0.29) is 10.8 Å². The van der Waals surface area contributed by atoms with Crippen LogP contribution in [0.25, 0.3) is 6.08 Å². The highest BCUT2D eigenvalue weighted by Crippen LogP contribution is 2.17. The predicted molar refractivity (Wildman–Crippen MR) is 68.2 cm³/mol. The van der Waals surface area contributed by atoms with Crippen LogP contribution in [-0.2, 0) is 0 Å². The van der Waals surface area contributed by atoms with Gasteiger partial charge in [0.25, 0.3) is 0 Å². The van der Waals surface area contributed by atoms with Crippen LogP contribution in [0.4, 0.5) is 4.39 Å². The molecule has 0 aromatic heterocycles. The molecule has 0 amide bonds. The fourth-order valence-electron chi connectivity index (χ4n) is 1.40. The molecule has 0 fully saturated rings. The highest BCUT2D eigenvalue weighted by molar-refractivity contribution is 6.30. The van der Waals surface area contributed by atoms with Crippen LogP contribution in [-0.4, -0.2) is 13.1 Å². The molecular formula is C13H17ClFN. The van der Waals surface area contributed by atoms with Crippen molar-refractivity contribution in [3.8, 4) is 0 Å². The summed E-state index contributed by atoms with van der Waals surface area (Å²) in [5.41, 5.74) is 2.14. The van der Waals surface area contributed by atoms with Gasteiger partial charge in [-0.25, -0.2) is 4.39 Å². The molecular weight excluding hydrogens is 225 g/mol. The molecule has 0 aliphatic heterocycles. The number of hydrogen-bond acceptors (Lipinski definition) is 1. The number of benzene rings is 1. The SMILES string of the molecule is CCCNC/C(C)=C/c1ccc(F)c(Cl)c1. The minimum Gasteiger partial charge on any atom is -0.313 e. The van der Waals surface area contributed by atoms with E-state index < -0.39 is 0 Å². The first-order chi connectivity index (χ1) is 7.63. The van der Waals surface area contributed by atoms with Gasteiger partial charge < -0.3 is 5.32 Å². The Morgan fingerprint density at radius 3 is 2.88 bits per heavy atom. The maximum absolute atomic E-state index is 12.9. The van der Waals surface area contributed by atoms with Crippen LogP contribution in [0.15, 0.2) is 23.8 Å². The lowest BCUT2D eigenvalue weighted by Crippen LogP contribution is -2.16. The lowest BCUT2D eigenvalue weighted by atomic mass is 10.1. The molecule has 1 aromatic carbocycles. The Kier molecular flexibility index (Phi) is 5.50. The van der Waals surface area contributed by atoms with Gasteiger partial charge in [-0.2, -0.15) is 0 Å². The smallest absolute Gasteiger partial charge is 0.141 e. The van der Waals surface area contributed by atoms with Gasteiger partial charge in [-0.1, -0.05) is 36.2 Å². The van der Waals surface area contributed by atoms with Crippen molar-refractivity contribution in [3.63, 3.8) is 0 Å².